The summed E-state index contributed by atoms with van der Waals surface area (Å²) in [4.78, 5) is 2.65. The lowest BCUT2D eigenvalue weighted by Crippen LogP contribution is -2.56. The zero-order valence-electron chi connectivity index (χ0n) is 14.9. The molecule has 0 saturated heterocycles. The summed E-state index contributed by atoms with van der Waals surface area (Å²) in [5.74, 6) is 0. The first-order valence-electron chi connectivity index (χ1n) is 8.65. The smallest absolute Gasteiger partial charge is 0.0509 e. The first kappa shape index (κ1) is 18.2. The Hall–Kier alpha value is -0.860. The Morgan fingerprint density at radius 3 is 2.00 bits per heavy atom. The van der Waals surface area contributed by atoms with Crippen LogP contribution >= 0.6 is 0 Å². The number of hydrogen-bond donors (Lipinski definition) is 1. The van der Waals surface area contributed by atoms with Crippen LogP contribution in [-0.2, 0) is 0 Å². The van der Waals surface area contributed by atoms with Crippen LogP contribution in [0.5, 0.6) is 0 Å². The molecular formula is C19H34N2. The van der Waals surface area contributed by atoms with Crippen molar-refractivity contribution in [1.82, 2.24) is 10.2 Å². The van der Waals surface area contributed by atoms with Crippen LogP contribution in [0.2, 0.25) is 0 Å². The lowest BCUT2D eigenvalue weighted by atomic mass is 9.77. The molecule has 1 atom stereocenters. The average Bonchev–Trinajstić information content (AvgIpc) is 2.52. The molecule has 0 radical (unpaired) electrons. The van der Waals surface area contributed by atoms with Gasteiger partial charge in [0, 0.05) is 5.54 Å². The summed E-state index contributed by atoms with van der Waals surface area (Å²) in [5, 5.41) is 3.79. The summed E-state index contributed by atoms with van der Waals surface area (Å²) < 4.78 is 0. The van der Waals surface area contributed by atoms with Gasteiger partial charge in [-0.2, -0.15) is 0 Å². The van der Waals surface area contributed by atoms with E-state index in [-0.39, 0.29) is 5.54 Å². The monoisotopic (exact) mass is 290 g/mol. The highest BCUT2D eigenvalue weighted by Crippen LogP contribution is 2.38. The van der Waals surface area contributed by atoms with Gasteiger partial charge in [0.2, 0.25) is 0 Å². The number of aryl methyl sites for hydroxylation is 1. The molecule has 0 bridgehead atoms. The van der Waals surface area contributed by atoms with Crippen LogP contribution < -0.4 is 5.32 Å². The van der Waals surface area contributed by atoms with E-state index in [1.165, 1.54) is 11.1 Å². The zero-order chi connectivity index (χ0) is 15.9. The second-order valence-electron chi connectivity index (χ2n) is 5.83. The molecule has 2 heteroatoms. The van der Waals surface area contributed by atoms with Gasteiger partial charge in [-0.25, -0.2) is 0 Å². The lowest BCUT2D eigenvalue weighted by Gasteiger charge is -2.48. The highest BCUT2D eigenvalue weighted by molar-refractivity contribution is 5.31. The maximum atomic E-state index is 3.79. The maximum Gasteiger partial charge on any atom is 0.0509 e. The van der Waals surface area contributed by atoms with Crippen molar-refractivity contribution in [2.24, 2.45) is 0 Å². The van der Waals surface area contributed by atoms with Gasteiger partial charge in [0.25, 0.3) is 0 Å². The maximum absolute atomic E-state index is 3.79. The summed E-state index contributed by atoms with van der Waals surface area (Å²) in [5.41, 5.74) is 3.03. The van der Waals surface area contributed by atoms with E-state index in [2.05, 4.69) is 76.0 Å². The minimum absolute atomic E-state index is 0.186. The van der Waals surface area contributed by atoms with Crippen molar-refractivity contribution in [3.63, 3.8) is 0 Å². The Balaban J connectivity index is 3.36. The molecule has 0 aromatic heterocycles. The van der Waals surface area contributed by atoms with Crippen LogP contribution in [-0.4, -0.2) is 30.1 Å². The van der Waals surface area contributed by atoms with Gasteiger partial charge in [-0.15, -0.1) is 0 Å². The van der Waals surface area contributed by atoms with Crippen LogP contribution in [0.15, 0.2) is 24.3 Å². The van der Waals surface area contributed by atoms with Crippen molar-refractivity contribution in [2.45, 2.75) is 66.0 Å². The highest BCUT2D eigenvalue weighted by Gasteiger charge is 2.40. The van der Waals surface area contributed by atoms with Gasteiger partial charge in [-0.05, 0) is 50.5 Å². The average molecular weight is 290 g/mol. The molecule has 120 valence electrons. The van der Waals surface area contributed by atoms with Crippen LogP contribution in [0.4, 0.5) is 0 Å². The third-order valence-corrected chi connectivity index (χ3v) is 5.06. The van der Waals surface area contributed by atoms with Crippen molar-refractivity contribution in [2.75, 3.05) is 19.6 Å². The molecule has 0 aliphatic carbocycles. The van der Waals surface area contributed by atoms with E-state index in [0.29, 0.717) is 6.04 Å². The molecule has 1 unspecified atom stereocenters. The van der Waals surface area contributed by atoms with Gasteiger partial charge < -0.3 is 5.32 Å². The number of likely N-dealkylation sites (N-methyl/N-ethyl adjacent to an activating group) is 2. The summed E-state index contributed by atoms with van der Waals surface area (Å²) in [6.07, 6.45) is 2.33. The molecule has 1 aromatic rings. The second-order valence-corrected chi connectivity index (χ2v) is 5.83. The van der Waals surface area contributed by atoms with Crippen LogP contribution in [0.3, 0.4) is 0 Å². The molecule has 0 spiro atoms. The first-order valence-corrected chi connectivity index (χ1v) is 8.65. The summed E-state index contributed by atoms with van der Waals surface area (Å²) >= 11 is 0. The Labute approximate surface area is 131 Å². The molecule has 0 amide bonds. The minimum atomic E-state index is 0.186. The summed E-state index contributed by atoms with van der Waals surface area (Å²) in [7, 11) is 0. The first-order chi connectivity index (χ1) is 10.1. The fraction of sp³-hybridized carbons (Fsp3) is 0.684. The van der Waals surface area contributed by atoms with E-state index in [4.69, 9.17) is 0 Å². The second kappa shape index (κ2) is 8.55. The topological polar surface area (TPSA) is 15.3 Å². The van der Waals surface area contributed by atoms with Crippen LogP contribution in [0.25, 0.3) is 0 Å². The molecule has 1 N–H and O–H groups in total. The highest BCUT2D eigenvalue weighted by atomic mass is 15.2. The fourth-order valence-corrected chi connectivity index (χ4v) is 3.85. The quantitative estimate of drug-likeness (QED) is 0.718. The summed E-state index contributed by atoms with van der Waals surface area (Å²) in [6.45, 7) is 16.9. The Morgan fingerprint density at radius 1 is 1.00 bits per heavy atom. The van der Waals surface area contributed by atoms with Gasteiger partial charge in [0.15, 0.2) is 0 Å². The van der Waals surface area contributed by atoms with Crippen molar-refractivity contribution < 1.29 is 0 Å². The van der Waals surface area contributed by atoms with E-state index in [9.17, 15) is 0 Å². The molecule has 21 heavy (non-hydrogen) atoms. The standard InChI is InChI=1S/C19H34N2/c1-7-19(8-2,21(10-4)11-5)18(20-9-3)17-15-13-12-14-16(17)6/h12-15,18,20H,7-11H2,1-6H3. The van der Waals surface area contributed by atoms with Crippen molar-refractivity contribution in [1.29, 1.82) is 0 Å². The molecule has 0 saturated carbocycles. The molecule has 2 nitrogen and oxygen atoms in total. The molecule has 1 rings (SSSR count). The third kappa shape index (κ3) is 3.67. The van der Waals surface area contributed by atoms with E-state index in [1.807, 2.05) is 0 Å². The number of benzene rings is 1. The zero-order valence-corrected chi connectivity index (χ0v) is 14.9. The SMILES string of the molecule is CCNC(c1ccccc1C)C(CC)(CC)N(CC)CC. The van der Waals surface area contributed by atoms with Crippen molar-refractivity contribution >= 4 is 0 Å². The predicted molar refractivity (Wildman–Crippen MR) is 93.8 cm³/mol. The molecule has 0 aliphatic rings. The Bertz CT molecular complexity index is 406. The summed E-state index contributed by atoms with van der Waals surface area (Å²) in [6, 6.07) is 9.23. The van der Waals surface area contributed by atoms with Crippen molar-refractivity contribution in [3.8, 4) is 0 Å². The molecule has 1 aromatic carbocycles. The van der Waals surface area contributed by atoms with Gasteiger partial charge in [-0.3, -0.25) is 4.90 Å². The predicted octanol–water partition coefficient (Wildman–Crippen LogP) is 4.55. The van der Waals surface area contributed by atoms with E-state index in [1.54, 1.807) is 0 Å². The van der Waals surface area contributed by atoms with E-state index < -0.39 is 0 Å². The lowest BCUT2D eigenvalue weighted by molar-refractivity contribution is 0.0491. The number of nitrogens with one attached hydrogen (secondary N) is 1. The fourth-order valence-electron chi connectivity index (χ4n) is 3.85. The third-order valence-electron chi connectivity index (χ3n) is 5.06. The van der Waals surface area contributed by atoms with Gasteiger partial charge in [0.05, 0.1) is 6.04 Å². The minimum Gasteiger partial charge on any atom is -0.309 e. The van der Waals surface area contributed by atoms with Crippen molar-refractivity contribution in [3.05, 3.63) is 35.4 Å². The molecule has 0 aliphatic heterocycles. The number of hydrogen-bond acceptors (Lipinski definition) is 2. The van der Waals surface area contributed by atoms with Gasteiger partial charge in [-0.1, -0.05) is 58.9 Å². The van der Waals surface area contributed by atoms with E-state index >= 15 is 0 Å². The molecule has 0 fully saturated rings. The van der Waals surface area contributed by atoms with Crippen LogP contribution in [0, 0.1) is 6.92 Å². The number of rotatable bonds is 9. The van der Waals surface area contributed by atoms with Gasteiger partial charge >= 0.3 is 0 Å². The largest absolute Gasteiger partial charge is 0.309 e. The molecule has 0 heterocycles. The van der Waals surface area contributed by atoms with E-state index in [0.717, 1.165) is 32.5 Å². The Morgan fingerprint density at radius 2 is 1.57 bits per heavy atom. The van der Waals surface area contributed by atoms with Crippen LogP contribution in [0.1, 0.15) is 64.6 Å². The number of nitrogens with zero attached hydrogens (tertiary/aromatic N) is 1. The Kier molecular flexibility index (Phi) is 7.41. The normalized spacial score (nSPS) is 13.7. The molecular weight excluding hydrogens is 256 g/mol. The van der Waals surface area contributed by atoms with Gasteiger partial charge in [0.1, 0.15) is 0 Å².